The summed E-state index contributed by atoms with van der Waals surface area (Å²) in [6, 6.07) is 6.42. The molecule has 7 heteroatoms. The van der Waals surface area contributed by atoms with Crippen molar-refractivity contribution in [2.75, 3.05) is 18.6 Å². The molecule has 2 heterocycles. The second-order valence-electron chi connectivity index (χ2n) is 8.27. The molecule has 1 unspecified atom stereocenters. The van der Waals surface area contributed by atoms with Gasteiger partial charge in [-0.2, -0.15) is 5.10 Å². The fourth-order valence-corrected chi connectivity index (χ4v) is 5.51. The Labute approximate surface area is 162 Å². The molecule has 1 aromatic heterocycles. The van der Waals surface area contributed by atoms with E-state index in [4.69, 9.17) is 10.1 Å². The highest BCUT2D eigenvalue weighted by atomic mass is 32.2. The van der Waals surface area contributed by atoms with Crippen molar-refractivity contribution >= 4 is 9.84 Å². The number of hydrogen-bond donors (Lipinski definition) is 0. The SMILES string of the molecule is Cc1cc(C)cc(-n2nc(CC(C)C)nc2CN(C)C2CCS(=O)(=O)C2)c1. The minimum atomic E-state index is -2.90. The molecule has 0 spiro atoms. The lowest BCUT2D eigenvalue weighted by Crippen LogP contribution is -2.33. The molecule has 0 amide bonds. The first-order chi connectivity index (χ1) is 12.6. The van der Waals surface area contributed by atoms with E-state index in [1.54, 1.807) is 0 Å². The molecule has 0 radical (unpaired) electrons. The Morgan fingerprint density at radius 1 is 1.22 bits per heavy atom. The van der Waals surface area contributed by atoms with Gasteiger partial charge in [-0.05, 0) is 56.5 Å². The van der Waals surface area contributed by atoms with E-state index in [1.165, 1.54) is 11.1 Å². The zero-order chi connectivity index (χ0) is 19.8. The van der Waals surface area contributed by atoms with Gasteiger partial charge in [0.15, 0.2) is 15.7 Å². The monoisotopic (exact) mass is 390 g/mol. The van der Waals surface area contributed by atoms with Crippen LogP contribution in [0.4, 0.5) is 0 Å². The number of rotatable bonds is 6. The Balaban J connectivity index is 1.91. The van der Waals surface area contributed by atoms with Crippen LogP contribution in [-0.2, 0) is 22.8 Å². The number of hydrogen-bond acceptors (Lipinski definition) is 5. The molecule has 1 aromatic carbocycles. The lowest BCUT2D eigenvalue weighted by Gasteiger charge is -2.22. The molecule has 1 aliphatic heterocycles. The summed E-state index contributed by atoms with van der Waals surface area (Å²) in [5, 5.41) is 4.77. The van der Waals surface area contributed by atoms with Gasteiger partial charge in [-0.25, -0.2) is 18.1 Å². The standard InChI is InChI=1S/C20H30N4O2S/c1-14(2)8-19-21-20(12-23(5)17-6-7-27(25,26)13-17)24(22-19)18-10-15(3)9-16(4)11-18/h9-11,14,17H,6-8,12-13H2,1-5H3. The molecule has 0 N–H and O–H groups in total. The van der Waals surface area contributed by atoms with Gasteiger partial charge in [0, 0.05) is 12.5 Å². The Bertz CT molecular complexity index is 898. The van der Waals surface area contributed by atoms with Crippen molar-refractivity contribution in [3.8, 4) is 5.69 Å². The molecule has 1 aliphatic rings. The fraction of sp³-hybridized carbons (Fsp3) is 0.600. The molecule has 0 bridgehead atoms. The van der Waals surface area contributed by atoms with Crippen LogP contribution in [0.25, 0.3) is 5.69 Å². The second kappa shape index (κ2) is 7.72. The van der Waals surface area contributed by atoms with Gasteiger partial charge in [-0.1, -0.05) is 19.9 Å². The third kappa shape index (κ3) is 4.96. The van der Waals surface area contributed by atoms with E-state index in [1.807, 2.05) is 11.7 Å². The first kappa shape index (κ1) is 20.0. The summed E-state index contributed by atoms with van der Waals surface area (Å²) in [5.41, 5.74) is 3.39. The molecule has 1 saturated heterocycles. The Morgan fingerprint density at radius 2 is 1.89 bits per heavy atom. The first-order valence-electron chi connectivity index (χ1n) is 9.57. The smallest absolute Gasteiger partial charge is 0.151 e. The summed E-state index contributed by atoms with van der Waals surface area (Å²) in [6.07, 6.45) is 1.52. The number of aryl methyl sites for hydroxylation is 2. The van der Waals surface area contributed by atoms with Crippen LogP contribution >= 0.6 is 0 Å². The Kier molecular flexibility index (Phi) is 5.72. The third-order valence-corrected chi connectivity index (χ3v) is 6.73. The van der Waals surface area contributed by atoms with E-state index in [9.17, 15) is 8.42 Å². The van der Waals surface area contributed by atoms with Crippen LogP contribution in [0.5, 0.6) is 0 Å². The minimum Gasteiger partial charge on any atom is -0.295 e. The van der Waals surface area contributed by atoms with Crippen LogP contribution in [0.2, 0.25) is 0 Å². The molecule has 0 saturated carbocycles. The summed E-state index contributed by atoms with van der Waals surface area (Å²) >= 11 is 0. The quantitative estimate of drug-likeness (QED) is 0.759. The molecule has 3 rings (SSSR count). The van der Waals surface area contributed by atoms with Crippen molar-refractivity contribution < 1.29 is 8.42 Å². The maximum Gasteiger partial charge on any atom is 0.151 e. The van der Waals surface area contributed by atoms with Crippen LogP contribution in [0, 0.1) is 19.8 Å². The number of nitrogens with zero attached hydrogens (tertiary/aromatic N) is 4. The van der Waals surface area contributed by atoms with Crippen molar-refractivity contribution in [1.82, 2.24) is 19.7 Å². The summed E-state index contributed by atoms with van der Waals surface area (Å²) in [6.45, 7) is 9.06. The molecular weight excluding hydrogens is 360 g/mol. The first-order valence-corrected chi connectivity index (χ1v) is 11.4. The lowest BCUT2D eigenvalue weighted by molar-refractivity contribution is 0.246. The molecule has 27 heavy (non-hydrogen) atoms. The van der Waals surface area contributed by atoms with Gasteiger partial charge >= 0.3 is 0 Å². The van der Waals surface area contributed by atoms with E-state index in [0.717, 1.165) is 23.8 Å². The van der Waals surface area contributed by atoms with E-state index >= 15 is 0 Å². The van der Waals surface area contributed by atoms with Crippen molar-refractivity contribution in [3.05, 3.63) is 41.0 Å². The van der Waals surface area contributed by atoms with Crippen molar-refractivity contribution in [2.45, 2.75) is 53.1 Å². The van der Waals surface area contributed by atoms with E-state index in [2.05, 4.69) is 50.8 Å². The van der Waals surface area contributed by atoms with E-state index < -0.39 is 9.84 Å². The lowest BCUT2D eigenvalue weighted by atomic mass is 10.1. The van der Waals surface area contributed by atoms with Crippen LogP contribution in [0.3, 0.4) is 0 Å². The summed E-state index contributed by atoms with van der Waals surface area (Å²) < 4.78 is 25.6. The average Bonchev–Trinajstić information content (AvgIpc) is 3.08. The average molecular weight is 391 g/mol. The van der Waals surface area contributed by atoms with Crippen LogP contribution in [-0.4, -0.2) is 52.7 Å². The molecule has 1 atom stereocenters. The van der Waals surface area contributed by atoms with Crippen molar-refractivity contribution in [2.24, 2.45) is 5.92 Å². The maximum absolute atomic E-state index is 11.8. The normalized spacial score (nSPS) is 19.3. The second-order valence-corrected chi connectivity index (χ2v) is 10.5. The molecule has 1 fully saturated rings. The number of sulfone groups is 1. The molecule has 0 aliphatic carbocycles. The van der Waals surface area contributed by atoms with Gasteiger partial charge in [0.1, 0.15) is 5.82 Å². The highest BCUT2D eigenvalue weighted by Crippen LogP contribution is 2.21. The zero-order valence-corrected chi connectivity index (χ0v) is 17.8. The predicted octanol–water partition coefficient (Wildman–Crippen LogP) is 2.70. The predicted molar refractivity (Wildman–Crippen MR) is 108 cm³/mol. The molecular formula is C20H30N4O2S. The van der Waals surface area contributed by atoms with Crippen LogP contribution in [0.1, 0.15) is 43.0 Å². The van der Waals surface area contributed by atoms with Gasteiger partial charge in [-0.15, -0.1) is 0 Å². The van der Waals surface area contributed by atoms with E-state index in [-0.39, 0.29) is 17.5 Å². The Hall–Kier alpha value is -1.73. The minimum absolute atomic E-state index is 0.0490. The van der Waals surface area contributed by atoms with Gasteiger partial charge in [0.05, 0.1) is 23.7 Å². The molecule has 2 aromatic rings. The largest absolute Gasteiger partial charge is 0.295 e. The summed E-state index contributed by atoms with van der Waals surface area (Å²) in [7, 11) is -0.921. The van der Waals surface area contributed by atoms with Crippen LogP contribution in [0.15, 0.2) is 18.2 Å². The van der Waals surface area contributed by atoms with Crippen molar-refractivity contribution in [1.29, 1.82) is 0 Å². The number of benzene rings is 1. The topological polar surface area (TPSA) is 68.1 Å². The fourth-order valence-electron chi connectivity index (χ4n) is 3.70. The summed E-state index contributed by atoms with van der Waals surface area (Å²) in [5.74, 6) is 2.70. The highest BCUT2D eigenvalue weighted by molar-refractivity contribution is 7.91. The zero-order valence-electron chi connectivity index (χ0n) is 16.9. The van der Waals surface area contributed by atoms with E-state index in [0.29, 0.717) is 18.9 Å². The maximum atomic E-state index is 11.8. The number of aromatic nitrogens is 3. The third-order valence-electron chi connectivity index (χ3n) is 4.98. The van der Waals surface area contributed by atoms with Crippen LogP contribution < -0.4 is 0 Å². The molecule has 148 valence electrons. The van der Waals surface area contributed by atoms with Gasteiger partial charge < -0.3 is 0 Å². The van der Waals surface area contributed by atoms with Gasteiger partial charge in [0.25, 0.3) is 0 Å². The molecule has 6 nitrogen and oxygen atoms in total. The highest BCUT2D eigenvalue weighted by Gasteiger charge is 2.31. The van der Waals surface area contributed by atoms with Gasteiger partial charge in [-0.3, -0.25) is 4.90 Å². The van der Waals surface area contributed by atoms with Crippen molar-refractivity contribution in [3.63, 3.8) is 0 Å². The Morgan fingerprint density at radius 3 is 2.44 bits per heavy atom. The van der Waals surface area contributed by atoms with Gasteiger partial charge in [0.2, 0.25) is 0 Å². The summed E-state index contributed by atoms with van der Waals surface area (Å²) in [4.78, 5) is 6.90.